The van der Waals surface area contributed by atoms with Gasteiger partial charge in [-0.25, -0.2) is 0 Å². The Bertz CT molecular complexity index is 602. The number of carbonyl (C=O) groups is 1. The van der Waals surface area contributed by atoms with Crippen molar-refractivity contribution in [3.8, 4) is 5.75 Å². The van der Waals surface area contributed by atoms with E-state index in [0.29, 0.717) is 19.0 Å². The average molecular weight is 305 g/mol. The van der Waals surface area contributed by atoms with Crippen LogP contribution in [0, 0.1) is 13.8 Å². The van der Waals surface area contributed by atoms with Gasteiger partial charge in [0.15, 0.2) is 0 Å². The Hall–Kier alpha value is -1.85. The van der Waals surface area contributed by atoms with E-state index in [0.717, 1.165) is 21.0 Å². The number of benzene rings is 1. The van der Waals surface area contributed by atoms with Crippen molar-refractivity contribution < 1.29 is 14.3 Å². The number of hydrogen-bond donors (Lipinski definition) is 1. The van der Waals surface area contributed by atoms with Gasteiger partial charge in [0.05, 0.1) is 11.5 Å². The molecule has 0 atom stereocenters. The lowest BCUT2D eigenvalue weighted by Gasteiger charge is -2.08. The zero-order chi connectivity index (χ0) is 15.2. The highest BCUT2D eigenvalue weighted by Gasteiger charge is 2.11. The van der Waals surface area contributed by atoms with Crippen molar-refractivity contribution in [1.82, 2.24) is 0 Å². The highest BCUT2D eigenvalue weighted by molar-refractivity contribution is 7.14. The standard InChI is InChI=1S/C16H19NO3S/c1-11-9-15(21-12(11)2)16(18)17-13-5-4-6-14(10-13)20-8-7-19-3/h4-6,9-10H,7-8H2,1-3H3,(H,17,18). The van der Waals surface area contributed by atoms with Crippen LogP contribution in [0.4, 0.5) is 5.69 Å². The zero-order valence-corrected chi connectivity index (χ0v) is 13.3. The molecule has 0 radical (unpaired) electrons. The van der Waals surface area contributed by atoms with Crippen molar-refractivity contribution in [2.24, 2.45) is 0 Å². The summed E-state index contributed by atoms with van der Waals surface area (Å²) in [7, 11) is 1.63. The van der Waals surface area contributed by atoms with E-state index in [1.54, 1.807) is 13.2 Å². The first-order chi connectivity index (χ1) is 10.1. The molecule has 2 rings (SSSR count). The van der Waals surface area contributed by atoms with Gasteiger partial charge < -0.3 is 14.8 Å². The van der Waals surface area contributed by atoms with Crippen molar-refractivity contribution in [3.05, 3.63) is 45.6 Å². The monoisotopic (exact) mass is 305 g/mol. The number of nitrogens with one attached hydrogen (secondary N) is 1. The van der Waals surface area contributed by atoms with E-state index in [1.807, 2.05) is 38.1 Å². The van der Waals surface area contributed by atoms with Crippen LogP contribution in [0.5, 0.6) is 5.75 Å². The molecule has 1 aromatic heterocycles. The summed E-state index contributed by atoms with van der Waals surface area (Å²) >= 11 is 1.50. The largest absolute Gasteiger partial charge is 0.491 e. The van der Waals surface area contributed by atoms with E-state index < -0.39 is 0 Å². The lowest BCUT2D eigenvalue weighted by atomic mass is 10.2. The highest BCUT2D eigenvalue weighted by Crippen LogP contribution is 2.23. The molecular weight excluding hydrogens is 286 g/mol. The molecule has 1 heterocycles. The zero-order valence-electron chi connectivity index (χ0n) is 12.4. The van der Waals surface area contributed by atoms with E-state index in [-0.39, 0.29) is 5.91 Å². The van der Waals surface area contributed by atoms with E-state index in [1.165, 1.54) is 11.3 Å². The fourth-order valence-electron chi connectivity index (χ4n) is 1.78. The van der Waals surface area contributed by atoms with Crippen molar-refractivity contribution in [2.45, 2.75) is 13.8 Å². The third-order valence-corrected chi connectivity index (χ3v) is 4.19. The summed E-state index contributed by atoms with van der Waals surface area (Å²) in [5.74, 6) is 0.619. The number of carbonyl (C=O) groups excluding carboxylic acids is 1. The van der Waals surface area contributed by atoms with Gasteiger partial charge >= 0.3 is 0 Å². The molecule has 0 unspecified atom stereocenters. The number of methoxy groups -OCH3 is 1. The number of anilines is 1. The number of thiophene rings is 1. The van der Waals surface area contributed by atoms with Gasteiger partial charge in [-0.15, -0.1) is 11.3 Å². The summed E-state index contributed by atoms with van der Waals surface area (Å²) in [4.78, 5) is 14.1. The smallest absolute Gasteiger partial charge is 0.265 e. The van der Waals surface area contributed by atoms with E-state index in [4.69, 9.17) is 9.47 Å². The van der Waals surface area contributed by atoms with Crippen LogP contribution in [0.15, 0.2) is 30.3 Å². The second-order valence-electron chi connectivity index (χ2n) is 4.67. The second-order valence-corrected chi connectivity index (χ2v) is 5.93. The van der Waals surface area contributed by atoms with Gasteiger partial charge in [-0.2, -0.15) is 0 Å². The number of rotatable bonds is 6. The summed E-state index contributed by atoms with van der Waals surface area (Å²) in [6.07, 6.45) is 0. The Morgan fingerprint density at radius 2 is 2.05 bits per heavy atom. The average Bonchev–Trinajstić information content (AvgIpc) is 2.80. The molecule has 1 amide bonds. The highest BCUT2D eigenvalue weighted by atomic mass is 32.1. The lowest BCUT2D eigenvalue weighted by Crippen LogP contribution is -2.10. The third-order valence-electron chi connectivity index (χ3n) is 3.04. The minimum Gasteiger partial charge on any atom is -0.491 e. The molecule has 0 fully saturated rings. The Kier molecular flexibility index (Phi) is 5.36. The predicted octanol–water partition coefficient (Wildman–Crippen LogP) is 3.64. The SMILES string of the molecule is COCCOc1cccc(NC(=O)c2cc(C)c(C)s2)c1. The normalized spacial score (nSPS) is 10.4. The van der Waals surface area contributed by atoms with E-state index >= 15 is 0 Å². The number of hydrogen-bond acceptors (Lipinski definition) is 4. The Balaban J connectivity index is 2.02. The van der Waals surface area contributed by atoms with Gasteiger partial charge in [0.25, 0.3) is 5.91 Å². The van der Waals surface area contributed by atoms with Gasteiger partial charge in [0.1, 0.15) is 12.4 Å². The quantitative estimate of drug-likeness (QED) is 0.829. The number of aryl methyl sites for hydroxylation is 2. The topological polar surface area (TPSA) is 47.6 Å². The van der Waals surface area contributed by atoms with E-state index in [2.05, 4.69) is 5.32 Å². The van der Waals surface area contributed by atoms with Gasteiger partial charge in [-0.1, -0.05) is 6.07 Å². The minimum absolute atomic E-state index is 0.0924. The summed E-state index contributed by atoms with van der Waals surface area (Å²) in [6.45, 7) is 5.04. The van der Waals surface area contributed by atoms with Crippen LogP contribution in [0.3, 0.4) is 0 Å². The van der Waals surface area contributed by atoms with Crippen LogP contribution >= 0.6 is 11.3 Å². The molecular formula is C16H19NO3S. The van der Waals surface area contributed by atoms with Crippen molar-refractivity contribution in [3.63, 3.8) is 0 Å². The van der Waals surface area contributed by atoms with Gasteiger partial charge in [-0.3, -0.25) is 4.79 Å². The van der Waals surface area contributed by atoms with Crippen LogP contribution in [-0.2, 0) is 4.74 Å². The fourth-order valence-corrected chi connectivity index (χ4v) is 2.71. The van der Waals surface area contributed by atoms with Crippen LogP contribution in [-0.4, -0.2) is 26.2 Å². The minimum atomic E-state index is -0.0924. The number of amides is 1. The maximum absolute atomic E-state index is 12.2. The summed E-state index contributed by atoms with van der Waals surface area (Å²) in [6, 6.07) is 9.26. The third kappa shape index (κ3) is 4.31. The Morgan fingerprint density at radius 3 is 2.71 bits per heavy atom. The van der Waals surface area contributed by atoms with Crippen LogP contribution in [0.25, 0.3) is 0 Å². The molecule has 0 saturated carbocycles. The maximum Gasteiger partial charge on any atom is 0.265 e. The molecule has 0 aliphatic carbocycles. The molecule has 2 aromatic rings. The van der Waals surface area contributed by atoms with Gasteiger partial charge in [0, 0.05) is 23.7 Å². The van der Waals surface area contributed by atoms with Crippen molar-refractivity contribution in [1.29, 1.82) is 0 Å². The molecule has 1 aromatic carbocycles. The second kappa shape index (κ2) is 7.24. The molecule has 0 aliphatic heterocycles. The molecule has 4 nitrogen and oxygen atoms in total. The first-order valence-electron chi connectivity index (χ1n) is 6.70. The van der Waals surface area contributed by atoms with Gasteiger partial charge in [0.2, 0.25) is 0 Å². The van der Waals surface area contributed by atoms with E-state index in [9.17, 15) is 4.79 Å². The molecule has 1 N–H and O–H groups in total. The first kappa shape index (κ1) is 15.5. The summed E-state index contributed by atoms with van der Waals surface area (Å²) in [5, 5.41) is 2.89. The predicted molar refractivity (Wildman–Crippen MR) is 85.6 cm³/mol. The molecule has 112 valence electrons. The molecule has 0 saturated heterocycles. The number of ether oxygens (including phenoxy) is 2. The molecule has 5 heteroatoms. The van der Waals surface area contributed by atoms with Crippen molar-refractivity contribution in [2.75, 3.05) is 25.6 Å². The summed E-state index contributed by atoms with van der Waals surface area (Å²) < 4.78 is 10.5. The van der Waals surface area contributed by atoms with Crippen molar-refractivity contribution >= 4 is 22.9 Å². The molecule has 0 bridgehead atoms. The van der Waals surface area contributed by atoms with Crippen LogP contribution in [0.2, 0.25) is 0 Å². The summed E-state index contributed by atoms with van der Waals surface area (Å²) in [5.41, 5.74) is 1.86. The Morgan fingerprint density at radius 1 is 1.24 bits per heavy atom. The fraction of sp³-hybridized carbons (Fsp3) is 0.312. The molecule has 0 aliphatic rings. The van der Waals surface area contributed by atoms with Crippen LogP contribution in [0.1, 0.15) is 20.1 Å². The van der Waals surface area contributed by atoms with Crippen LogP contribution < -0.4 is 10.1 Å². The first-order valence-corrected chi connectivity index (χ1v) is 7.52. The maximum atomic E-state index is 12.2. The molecule has 21 heavy (non-hydrogen) atoms. The molecule has 0 spiro atoms. The lowest BCUT2D eigenvalue weighted by molar-refractivity contribution is 0.103. The Labute approximate surface area is 128 Å². The van der Waals surface area contributed by atoms with Gasteiger partial charge in [-0.05, 0) is 37.6 Å².